The number of hydrogen-bond acceptors (Lipinski definition) is 4. The van der Waals surface area contributed by atoms with E-state index in [1.165, 1.54) is 13.0 Å². The summed E-state index contributed by atoms with van der Waals surface area (Å²) in [5.74, 6) is 1.44. The average molecular weight is 206 g/mol. The van der Waals surface area contributed by atoms with Crippen LogP contribution >= 0.6 is 0 Å². The van der Waals surface area contributed by atoms with Crippen molar-refractivity contribution in [2.24, 2.45) is 0 Å². The maximum absolute atomic E-state index is 4.27. The van der Waals surface area contributed by atoms with Gasteiger partial charge in [-0.1, -0.05) is 0 Å². The maximum Gasteiger partial charge on any atom is 0.148 e. The van der Waals surface area contributed by atoms with Crippen molar-refractivity contribution in [3.8, 4) is 0 Å². The minimum absolute atomic E-state index is 0.568. The highest BCUT2D eigenvalue weighted by Gasteiger charge is 2.22. The molecule has 1 aromatic rings. The number of rotatable bonds is 3. The van der Waals surface area contributed by atoms with Crippen LogP contribution in [0.1, 0.15) is 25.0 Å². The largest absolute Gasteiger partial charge is 0.369 e. The van der Waals surface area contributed by atoms with Crippen molar-refractivity contribution in [1.29, 1.82) is 0 Å². The smallest absolute Gasteiger partial charge is 0.148 e. The van der Waals surface area contributed by atoms with Crippen LogP contribution in [0, 0.1) is 0 Å². The van der Waals surface area contributed by atoms with Gasteiger partial charge in [0.2, 0.25) is 0 Å². The Labute approximate surface area is 90.7 Å². The molecule has 0 bridgehead atoms. The van der Waals surface area contributed by atoms with Gasteiger partial charge in [0, 0.05) is 19.0 Å². The van der Waals surface area contributed by atoms with E-state index < -0.39 is 0 Å². The molecule has 0 amide bonds. The van der Waals surface area contributed by atoms with Gasteiger partial charge in [0.1, 0.15) is 5.82 Å². The van der Waals surface area contributed by atoms with Crippen LogP contribution in [0.2, 0.25) is 0 Å². The molecule has 1 aromatic heterocycles. The summed E-state index contributed by atoms with van der Waals surface area (Å²) in [5, 5.41) is 11.6. The molecule has 4 nitrogen and oxygen atoms in total. The van der Waals surface area contributed by atoms with E-state index in [1.54, 1.807) is 0 Å². The molecular weight excluding hydrogens is 188 g/mol. The summed E-state index contributed by atoms with van der Waals surface area (Å²) in [6.45, 7) is 5.22. The van der Waals surface area contributed by atoms with E-state index in [-0.39, 0.29) is 0 Å². The topological polar surface area (TPSA) is 41.0 Å². The lowest BCUT2D eigenvalue weighted by atomic mass is 10.1. The van der Waals surface area contributed by atoms with Crippen molar-refractivity contribution < 1.29 is 0 Å². The maximum atomic E-state index is 4.27. The Morgan fingerprint density at radius 3 is 2.87 bits per heavy atom. The molecule has 15 heavy (non-hydrogen) atoms. The molecule has 0 spiro atoms. The van der Waals surface area contributed by atoms with Gasteiger partial charge in [0.25, 0.3) is 0 Å². The first-order valence-electron chi connectivity index (χ1n) is 5.55. The molecule has 0 aliphatic carbocycles. The Morgan fingerprint density at radius 2 is 2.33 bits per heavy atom. The zero-order valence-electron chi connectivity index (χ0n) is 9.40. The van der Waals surface area contributed by atoms with Crippen molar-refractivity contribution in [1.82, 2.24) is 15.1 Å². The zero-order chi connectivity index (χ0) is 10.7. The van der Waals surface area contributed by atoms with Crippen molar-refractivity contribution >= 4 is 5.82 Å². The van der Waals surface area contributed by atoms with Gasteiger partial charge in [0.15, 0.2) is 0 Å². The van der Waals surface area contributed by atoms with Gasteiger partial charge in [0.05, 0.1) is 5.69 Å². The highest BCUT2D eigenvalue weighted by Crippen LogP contribution is 2.24. The molecule has 2 heterocycles. The lowest BCUT2D eigenvalue weighted by Gasteiger charge is -2.09. The number of nitrogens with zero attached hydrogens (tertiary/aromatic N) is 3. The number of likely N-dealkylation sites (N-methyl/N-ethyl adjacent to an activating group) is 1. The minimum Gasteiger partial charge on any atom is -0.369 e. The van der Waals surface area contributed by atoms with Crippen LogP contribution in [-0.2, 0) is 0 Å². The normalized spacial score (nSPS) is 21.9. The summed E-state index contributed by atoms with van der Waals surface area (Å²) in [4.78, 5) is 2.34. The summed E-state index contributed by atoms with van der Waals surface area (Å²) in [5.41, 5.74) is 1.13. The number of hydrogen-bond donors (Lipinski definition) is 1. The third kappa shape index (κ3) is 2.45. The predicted molar refractivity (Wildman–Crippen MR) is 61.1 cm³/mol. The highest BCUT2D eigenvalue weighted by atomic mass is 15.2. The fourth-order valence-electron chi connectivity index (χ4n) is 2.01. The van der Waals surface area contributed by atoms with Crippen molar-refractivity contribution in [3.63, 3.8) is 0 Å². The molecule has 1 aliphatic rings. The van der Waals surface area contributed by atoms with Gasteiger partial charge < -0.3 is 10.2 Å². The third-order valence-electron chi connectivity index (χ3n) is 2.85. The van der Waals surface area contributed by atoms with Crippen LogP contribution in [0.25, 0.3) is 0 Å². The Hall–Kier alpha value is -1.16. The minimum atomic E-state index is 0.568. The van der Waals surface area contributed by atoms with Crippen molar-refractivity contribution in [2.75, 3.05) is 32.0 Å². The molecule has 2 rings (SSSR count). The quantitative estimate of drug-likeness (QED) is 0.810. The predicted octanol–water partition coefficient (Wildman–Crippen LogP) is 1.33. The lowest BCUT2D eigenvalue weighted by molar-refractivity contribution is 0.410. The molecule has 82 valence electrons. The summed E-state index contributed by atoms with van der Waals surface area (Å²) in [6.07, 6.45) is 1.20. The van der Waals surface area contributed by atoms with Gasteiger partial charge in [-0.25, -0.2) is 0 Å². The molecule has 1 atom stereocenters. The molecule has 0 radical (unpaired) electrons. The van der Waals surface area contributed by atoms with Gasteiger partial charge >= 0.3 is 0 Å². The van der Waals surface area contributed by atoms with E-state index in [4.69, 9.17) is 0 Å². The van der Waals surface area contributed by atoms with Gasteiger partial charge in [-0.15, -0.1) is 5.10 Å². The second-order valence-corrected chi connectivity index (χ2v) is 4.12. The van der Waals surface area contributed by atoms with Gasteiger partial charge in [-0.05, 0) is 39.1 Å². The molecule has 4 heteroatoms. The Kier molecular flexibility index (Phi) is 3.16. The standard InChI is InChI=1S/C11H18N4/c1-3-12-11-5-4-10(13-14-11)9-6-7-15(2)8-9/h4-5,9H,3,6-8H2,1-2H3,(H,12,14). The first-order chi connectivity index (χ1) is 7.29. The van der Waals surface area contributed by atoms with E-state index >= 15 is 0 Å². The van der Waals surface area contributed by atoms with Crippen LogP contribution in [0.15, 0.2) is 12.1 Å². The Bertz CT molecular complexity index is 309. The second-order valence-electron chi connectivity index (χ2n) is 4.12. The third-order valence-corrected chi connectivity index (χ3v) is 2.85. The van der Waals surface area contributed by atoms with E-state index in [1.807, 2.05) is 6.07 Å². The molecule has 0 saturated carbocycles. The van der Waals surface area contributed by atoms with Crippen LogP contribution in [0.5, 0.6) is 0 Å². The average Bonchev–Trinajstić information content (AvgIpc) is 2.67. The van der Waals surface area contributed by atoms with Crippen LogP contribution in [-0.4, -0.2) is 41.8 Å². The van der Waals surface area contributed by atoms with E-state index in [0.29, 0.717) is 5.92 Å². The van der Waals surface area contributed by atoms with Crippen LogP contribution < -0.4 is 5.32 Å². The molecule has 1 unspecified atom stereocenters. The summed E-state index contributed by atoms with van der Waals surface area (Å²) >= 11 is 0. The molecule has 1 fully saturated rings. The lowest BCUT2D eigenvalue weighted by Crippen LogP contribution is -2.14. The van der Waals surface area contributed by atoms with E-state index in [2.05, 4.69) is 40.5 Å². The SMILES string of the molecule is CCNc1ccc(C2CCN(C)C2)nn1. The molecule has 0 aromatic carbocycles. The van der Waals surface area contributed by atoms with Crippen molar-refractivity contribution in [2.45, 2.75) is 19.3 Å². The van der Waals surface area contributed by atoms with Gasteiger partial charge in [-0.3, -0.25) is 0 Å². The number of likely N-dealkylation sites (tertiary alicyclic amines) is 1. The monoisotopic (exact) mass is 206 g/mol. The summed E-state index contributed by atoms with van der Waals surface area (Å²) in [7, 11) is 2.15. The van der Waals surface area contributed by atoms with Crippen LogP contribution in [0.3, 0.4) is 0 Å². The first-order valence-corrected chi connectivity index (χ1v) is 5.55. The van der Waals surface area contributed by atoms with Gasteiger partial charge in [-0.2, -0.15) is 5.10 Å². The van der Waals surface area contributed by atoms with E-state index in [9.17, 15) is 0 Å². The van der Waals surface area contributed by atoms with Crippen molar-refractivity contribution in [3.05, 3.63) is 17.8 Å². The Balaban J connectivity index is 2.03. The molecule has 1 saturated heterocycles. The van der Waals surface area contributed by atoms with Crippen LogP contribution in [0.4, 0.5) is 5.82 Å². The van der Waals surface area contributed by atoms with E-state index in [0.717, 1.165) is 24.6 Å². The highest BCUT2D eigenvalue weighted by molar-refractivity contribution is 5.33. The zero-order valence-corrected chi connectivity index (χ0v) is 9.40. The fraction of sp³-hybridized carbons (Fsp3) is 0.636. The second kappa shape index (κ2) is 4.57. The molecule has 1 N–H and O–H groups in total. The summed E-state index contributed by atoms with van der Waals surface area (Å²) < 4.78 is 0. The number of nitrogens with one attached hydrogen (secondary N) is 1. The number of aromatic nitrogens is 2. The molecule has 1 aliphatic heterocycles. The molecular formula is C11H18N4. The Morgan fingerprint density at radius 1 is 1.47 bits per heavy atom. The fourth-order valence-corrected chi connectivity index (χ4v) is 2.01. The number of anilines is 1. The summed E-state index contributed by atoms with van der Waals surface area (Å²) in [6, 6.07) is 4.11. The first kappa shape index (κ1) is 10.4.